The highest BCUT2D eigenvalue weighted by atomic mass is 16.4. The molecule has 0 aromatic heterocycles. The third-order valence-electron chi connectivity index (χ3n) is 2.87. The highest BCUT2D eigenvalue weighted by molar-refractivity contribution is 6.08. The van der Waals surface area contributed by atoms with E-state index in [4.69, 9.17) is 5.11 Å². The van der Waals surface area contributed by atoms with Gasteiger partial charge < -0.3 is 10.4 Å². The van der Waals surface area contributed by atoms with E-state index in [9.17, 15) is 9.59 Å². The van der Waals surface area contributed by atoms with Gasteiger partial charge in [-0.1, -0.05) is 25.1 Å². The Bertz CT molecular complexity index is 504. The van der Waals surface area contributed by atoms with Crippen molar-refractivity contribution in [2.45, 2.75) is 27.2 Å². The number of hydrogen-bond donors (Lipinski definition) is 2. The van der Waals surface area contributed by atoms with Crippen molar-refractivity contribution in [1.29, 1.82) is 0 Å². The van der Waals surface area contributed by atoms with E-state index in [1.807, 2.05) is 25.1 Å². The maximum atomic E-state index is 11.9. The molecular formula is C14H17NO3. The number of rotatable bonds is 4. The van der Waals surface area contributed by atoms with Gasteiger partial charge in [-0.05, 0) is 31.9 Å². The molecule has 0 heterocycles. The van der Waals surface area contributed by atoms with Crippen LogP contribution < -0.4 is 5.32 Å². The first-order chi connectivity index (χ1) is 8.47. The minimum absolute atomic E-state index is 0.0569. The molecule has 0 aliphatic rings. The molecule has 1 amide bonds. The number of carbonyl (C=O) groups excluding carboxylic acids is 1. The molecule has 1 aromatic rings. The van der Waals surface area contributed by atoms with Gasteiger partial charge in [0.2, 0.25) is 0 Å². The van der Waals surface area contributed by atoms with Gasteiger partial charge in [-0.15, -0.1) is 0 Å². The summed E-state index contributed by atoms with van der Waals surface area (Å²) in [6.07, 6.45) is 0.803. The van der Waals surface area contributed by atoms with E-state index in [1.165, 1.54) is 13.8 Å². The highest BCUT2D eigenvalue weighted by Crippen LogP contribution is 2.17. The van der Waals surface area contributed by atoms with Crippen LogP contribution in [0.15, 0.2) is 35.4 Å². The lowest BCUT2D eigenvalue weighted by atomic mass is 10.1. The molecular weight excluding hydrogens is 230 g/mol. The van der Waals surface area contributed by atoms with Crippen LogP contribution in [-0.4, -0.2) is 17.0 Å². The molecule has 0 aliphatic heterocycles. The Hall–Kier alpha value is -2.10. The molecule has 0 fully saturated rings. The van der Waals surface area contributed by atoms with Crippen molar-refractivity contribution in [1.82, 2.24) is 0 Å². The Kier molecular flexibility index (Phi) is 4.66. The van der Waals surface area contributed by atoms with Gasteiger partial charge in [-0.2, -0.15) is 0 Å². The summed E-state index contributed by atoms with van der Waals surface area (Å²) in [6, 6.07) is 7.47. The molecule has 0 saturated carbocycles. The predicted molar refractivity (Wildman–Crippen MR) is 70.5 cm³/mol. The van der Waals surface area contributed by atoms with Gasteiger partial charge in [-0.25, -0.2) is 4.79 Å². The smallest absolute Gasteiger partial charge is 0.331 e. The van der Waals surface area contributed by atoms with Crippen molar-refractivity contribution in [3.05, 3.63) is 41.0 Å². The van der Waals surface area contributed by atoms with Gasteiger partial charge in [0.25, 0.3) is 5.91 Å². The van der Waals surface area contributed by atoms with Crippen LogP contribution in [0, 0.1) is 0 Å². The van der Waals surface area contributed by atoms with Crippen LogP contribution in [-0.2, 0) is 16.0 Å². The summed E-state index contributed by atoms with van der Waals surface area (Å²) in [7, 11) is 0. The van der Waals surface area contributed by atoms with Gasteiger partial charge in [-0.3, -0.25) is 4.79 Å². The van der Waals surface area contributed by atoms with Crippen molar-refractivity contribution in [2.24, 2.45) is 0 Å². The molecule has 96 valence electrons. The first kappa shape index (κ1) is 14.0. The van der Waals surface area contributed by atoms with Crippen molar-refractivity contribution in [3.63, 3.8) is 0 Å². The molecule has 0 radical (unpaired) electrons. The van der Waals surface area contributed by atoms with E-state index in [2.05, 4.69) is 5.32 Å². The zero-order valence-corrected chi connectivity index (χ0v) is 10.8. The van der Waals surface area contributed by atoms with Gasteiger partial charge in [0.15, 0.2) is 0 Å². The Labute approximate surface area is 106 Å². The number of nitrogens with one attached hydrogen (secondary N) is 1. The van der Waals surface area contributed by atoms with Gasteiger partial charge >= 0.3 is 5.97 Å². The maximum Gasteiger partial charge on any atom is 0.331 e. The monoisotopic (exact) mass is 247 g/mol. The van der Waals surface area contributed by atoms with Crippen molar-refractivity contribution < 1.29 is 14.7 Å². The SMILES string of the molecule is CCc1ccccc1NC(=O)/C(C)=C(/C)C(=O)O. The molecule has 0 atom stereocenters. The quantitative estimate of drug-likeness (QED) is 0.804. The number of anilines is 1. The first-order valence-electron chi connectivity index (χ1n) is 5.77. The van der Waals surface area contributed by atoms with Gasteiger partial charge in [0.05, 0.1) is 0 Å². The number of carboxylic acids is 1. The van der Waals surface area contributed by atoms with Crippen LogP contribution in [0.3, 0.4) is 0 Å². The Morgan fingerprint density at radius 2 is 1.78 bits per heavy atom. The zero-order chi connectivity index (χ0) is 13.7. The van der Waals surface area contributed by atoms with Crippen LogP contribution in [0.25, 0.3) is 0 Å². The van der Waals surface area contributed by atoms with Crippen LogP contribution in [0.5, 0.6) is 0 Å². The highest BCUT2D eigenvalue weighted by Gasteiger charge is 2.13. The van der Waals surface area contributed by atoms with E-state index in [0.29, 0.717) is 0 Å². The lowest BCUT2D eigenvalue weighted by Gasteiger charge is -2.10. The number of para-hydroxylation sites is 1. The van der Waals surface area contributed by atoms with E-state index < -0.39 is 5.97 Å². The van der Waals surface area contributed by atoms with Crippen LogP contribution in [0.2, 0.25) is 0 Å². The summed E-state index contributed by atoms with van der Waals surface area (Å²) < 4.78 is 0. The molecule has 2 N–H and O–H groups in total. The molecule has 0 aliphatic carbocycles. The molecule has 0 saturated heterocycles. The fourth-order valence-electron chi connectivity index (χ4n) is 1.50. The second kappa shape index (κ2) is 6.00. The van der Waals surface area contributed by atoms with E-state index in [1.54, 1.807) is 6.07 Å². The minimum Gasteiger partial charge on any atom is -0.478 e. The molecule has 1 rings (SSSR count). The lowest BCUT2D eigenvalue weighted by Crippen LogP contribution is -2.17. The Balaban J connectivity index is 2.95. The van der Waals surface area contributed by atoms with Crippen LogP contribution >= 0.6 is 0 Å². The molecule has 4 nitrogen and oxygen atoms in total. The largest absolute Gasteiger partial charge is 0.478 e. The van der Waals surface area contributed by atoms with E-state index in [0.717, 1.165) is 17.7 Å². The Morgan fingerprint density at radius 1 is 1.17 bits per heavy atom. The minimum atomic E-state index is -1.08. The summed E-state index contributed by atoms with van der Waals surface area (Å²) in [4.78, 5) is 22.7. The predicted octanol–water partition coefficient (Wildman–Crippen LogP) is 2.61. The number of aliphatic carboxylic acids is 1. The number of carboxylic acid groups (broad SMARTS) is 1. The van der Waals surface area contributed by atoms with E-state index >= 15 is 0 Å². The molecule has 0 bridgehead atoms. The second-order valence-electron chi connectivity index (χ2n) is 4.02. The fourth-order valence-corrected chi connectivity index (χ4v) is 1.50. The summed E-state index contributed by atoms with van der Waals surface area (Å²) in [5, 5.41) is 11.6. The van der Waals surface area contributed by atoms with Crippen molar-refractivity contribution in [3.8, 4) is 0 Å². The van der Waals surface area contributed by atoms with Crippen LogP contribution in [0.1, 0.15) is 26.3 Å². The third kappa shape index (κ3) is 3.20. The third-order valence-corrected chi connectivity index (χ3v) is 2.87. The number of carbonyl (C=O) groups is 2. The number of hydrogen-bond acceptors (Lipinski definition) is 2. The summed E-state index contributed by atoms with van der Waals surface area (Å²) in [5.74, 6) is -1.46. The molecule has 18 heavy (non-hydrogen) atoms. The summed E-state index contributed by atoms with van der Waals surface area (Å²) in [5.41, 5.74) is 2.02. The summed E-state index contributed by atoms with van der Waals surface area (Å²) in [6.45, 7) is 4.92. The average Bonchev–Trinajstić information content (AvgIpc) is 2.37. The molecule has 0 spiro atoms. The van der Waals surface area contributed by atoms with Gasteiger partial charge in [0.1, 0.15) is 0 Å². The topological polar surface area (TPSA) is 66.4 Å². The molecule has 4 heteroatoms. The lowest BCUT2D eigenvalue weighted by molar-refractivity contribution is -0.133. The van der Waals surface area contributed by atoms with Crippen molar-refractivity contribution in [2.75, 3.05) is 5.32 Å². The zero-order valence-electron chi connectivity index (χ0n) is 10.8. The Morgan fingerprint density at radius 3 is 2.33 bits per heavy atom. The van der Waals surface area contributed by atoms with Crippen LogP contribution in [0.4, 0.5) is 5.69 Å². The fraction of sp³-hybridized carbons (Fsp3) is 0.286. The van der Waals surface area contributed by atoms with Crippen molar-refractivity contribution >= 4 is 17.6 Å². The van der Waals surface area contributed by atoms with E-state index in [-0.39, 0.29) is 17.1 Å². The summed E-state index contributed by atoms with van der Waals surface area (Å²) >= 11 is 0. The molecule has 1 aromatic carbocycles. The number of benzene rings is 1. The number of amides is 1. The normalized spacial score (nSPS) is 11.7. The average molecular weight is 247 g/mol. The molecule has 0 unspecified atom stereocenters. The van der Waals surface area contributed by atoms with Gasteiger partial charge in [0, 0.05) is 16.8 Å². The second-order valence-corrected chi connectivity index (χ2v) is 4.02. The number of aryl methyl sites for hydroxylation is 1. The first-order valence-corrected chi connectivity index (χ1v) is 5.77. The maximum absolute atomic E-state index is 11.9. The standard InChI is InChI=1S/C14H17NO3/c1-4-11-7-5-6-8-12(11)15-13(16)9(2)10(3)14(17)18/h5-8H,4H2,1-3H3,(H,15,16)(H,17,18)/b10-9-.